The van der Waals surface area contributed by atoms with Crippen molar-refractivity contribution in [1.29, 1.82) is 5.26 Å². The van der Waals surface area contributed by atoms with Crippen LogP contribution in [0.4, 0.5) is 17.2 Å². The zero-order chi connectivity index (χ0) is 20.1. The topological polar surface area (TPSA) is 90.7 Å². The molecule has 0 fully saturated rings. The average molecular weight is 371 g/mol. The van der Waals surface area contributed by atoms with Gasteiger partial charge in [-0.1, -0.05) is 39.0 Å². The van der Waals surface area contributed by atoms with Crippen molar-refractivity contribution in [3.8, 4) is 6.07 Å². The van der Waals surface area contributed by atoms with Crippen molar-refractivity contribution >= 4 is 23.1 Å². The summed E-state index contributed by atoms with van der Waals surface area (Å²) >= 11 is 0. The first-order valence-electron chi connectivity index (χ1n) is 8.87. The fourth-order valence-corrected chi connectivity index (χ4v) is 2.76. The summed E-state index contributed by atoms with van der Waals surface area (Å²) in [5.41, 5.74) is 3.42. The van der Waals surface area contributed by atoms with Crippen molar-refractivity contribution < 1.29 is 4.79 Å². The van der Waals surface area contributed by atoms with Crippen molar-refractivity contribution in [2.75, 3.05) is 10.6 Å². The Morgan fingerprint density at radius 3 is 2.43 bits per heavy atom. The first kappa shape index (κ1) is 19.1. The van der Waals surface area contributed by atoms with Gasteiger partial charge in [0.15, 0.2) is 0 Å². The summed E-state index contributed by atoms with van der Waals surface area (Å²) in [6, 6.07) is 18.3. The number of carbonyl (C=O) groups is 1. The highest BCUT2D eigenvalue weighted by Crippen LogP contribution is 2.30. The molecule has 0 aliphatic carbocycles. The Hall–Kier alpha value is -3.72. The Kier molecular flexibility index (Phi) is 5.37. The van der Waals surface area contributed by atoms with Crippen LogP contribution >= 0.6 is 0 Å². The van der Waals surface area contributed by atoms with Crippen LogP contribution in [0.1, 0.15) is 42.4 Å². The largest absolute Gasteiger partial charge is 0.340 e. The molecular weight excluding hydrogens is 350 g/mol. The fourth-order valence-electron chi connectivity index (χ4n) is 2.76. The second-order valence-corrected chi connectivity index (χ2v) is 7.35. The number of para-hydroxylation sites is 1. The van der Waals surface area contributed by atoms with E-state index in [1.54, 1.807) is 30.3 Å². The number of nitrogens with one attached hydrogen (secondary N) is 2. The molecule has 1 amide bonds. The lowest BCUT2D eigenvalue weighted by atomic mass is 9.86. The van der Waals surface area contributed by atoms with Gasteiger partial charge >= 0.3 is 0 Å². The van der Waals surface area contributed by atoms with E-state index in [4.69, 9.17) is 5.26 Å². The van der Waals surface area contributed by atoms with Crippen LogP contribution in [0, 0.1) is 11.3 Å². The molecule has 0 bridgehead atoms. The van der Waals surface area contributed by atoms with Crippen LogP contribution in [0.2, 0.25) is 0 Å². The summed E-state index contributed by atoms with van der Waals surface area (Å²) in [6.45, 7) is 6.43. The van der Waals surface area contributed by atoms with E-state index in [0.717, 1.165) is 11.3 Å². The van der Waals surface area contributed by atoms with Crippen LogP contribution in [0.25, 0.3) is 0 Å². The molecule has 6 heteroatoms. The van der Waals surface area contributed by atoms with Crippen LogP contribution in [0.15, 0.2) is 60.9 Å². The van der Waals surface area contributed by atoms with Gasteiger partial charge in [-0.15, -0.1) is 0 Å². The van der Waals surface area contributed by atoms with Crippen LogP contribution in [-0.4, -0.2) is 15.9 Å². The van der Waals surface area contributed by atoms with Gasteiger partial charge in [0.05, 0.1) is 11.6 Å². The second-order valence-electron chi connectivity index (χ2n) is 7.35. The summed E-state index contributed by atoms with van der Waals surface area (Å²) in [5.74, 6) is 0.191. The fraction of sp³-hybridized carbons (Fsp3) is 0.182. The molecule has 2 N–H and O–H groups in total. The van der Waals surface area contributed by atoms with E-state index in [-0.39, 0.29) is 17.0 Å². The first-order chi connectivity index (χ1) is 13.4. The van der Waals surface area contributed by atoms with Crippen LogP contribution in [0.5, 0.6) is 0 Å². The van der Waals surface area contributed by atoms with Gasteiger partial charge < -0.3 is 10.6 Å². The SMILES string of the molecule is CC(C)(C)c1ccccc1Nc1cc(C(=O)Nc2ccc(C#N)cc2)ncn1. The molecule has 2 aromatic carbocycles. The highest BCUT2D eigenvalue weighted by Gasteiger charge is 2.18. The lowest BCUT2D eigenvalue weighted by Crippen LogP contribution is -2.15. The number of anilines is 3. The third-order valence-electron chi connectivity index (χ3n) is 4.17. The van der Waals surface area contributed by atoms with Gasteiger partial charge in [-0.3, -0.25) is 4.79 Å². The number of rotatable bonds is 4. The van der Waals surface area contributed by atoms with E-state index in [1.807, 2.05) is 24.3 Å². The molecule has 6 nitrogen and oxygen atoms in total. The highest BCUT2D eigenvalue weighted by atomic mass is 16.1. The van der Waals surface area contributed by atoms with Gasteiger partial charge in [0.1, 0.15) is 17.8 Å². The second kappa shape index (κ2) is 7.89. The highest BCUT2D eigenvalue weighted by molar-refractivity contribution is 6.03. The Labute approximate surface area is 164 Å². The van der Waals surface area contributed by atoms with Gasteiger partial charge in [-0.2, -0.15) is 5.26 Å². The van der Waals surface area contributed by atoms with Gasteiger partial charge in [-0.05, 0) is 41.3 Å². The molecule has 3 aromatic rings. The normalized spacial score (nSPS) is 10.8. The smallest absolute Gasteiger partial charge is 0.274 e. The zero-order valence-electron chi connectivity index (χ0n) is 16.0. The number of benzene rings is 2. The lowest BCUT2D eigenvalue weighted by molar-refractivity contribution is 0.102. The van der Waals surface area contributed by atoms with E-state index < -0.39 is 0 Å². The van der Waals surface area contributed by atoms with E-state index in [1.165, 1.54) is 6.33 Å². The van der Waals surface area contributed by atoms with Gasteiger partial charge in [0.25, 0.3) is 5.91 Å². The van der Waals surface area contributed by atoms with Crippen LogP contribution < -0.4 is 10.6 Å². The Morgan fingerprint density at radius 2 is 1.75 bits per heavy atom. The Balaban J connectivity index is 1.79. The maximum atomic E-state index is 12.5. The standard InChI is InChI=1S/C22H21N5O/c1-22(2,3)17-6-4-5-7-18(17)27-20-12-19(24-14-25-20)21(28)26-16-10-8-15(13-23)9-11-16/h4-12,14H,1-3H3,(H,26,28)(H,24,25,27). The van der Waals surface area contributed by atoms with E-state index in [0.29, 0.717) is 17.1 Å². The maximum Gasteiger partial charge on any atom is 0.274 e. The quantitative estimate of drug-likeness (QED) is 0.697. The molecule has 0 aliphatic heterocycles. The molecule has 140 valence electrons. The van der Waals surface area contributed by atoms with Gasteiger partial charge in [0, 0.05) is 17.4 Å². The molecule has 0 saturated carbocycles. The van der Waals surface area contributed by atoms with Gasteiger partial charge in [0.2, 0.25) is 0 Å². The molecule has 0 unspecified atom stereocenters. The molecule has 3 rings (SSSR count). The van der Waals surface area contributed by atoms with Crippen molar-refractivity contribution in [3.63, 3.8) is 0 Å². The molecule has 0 radical (unpaired) electrons. The number of hydrogen-bond acceptors (Lipinski definition) is 5. The molecule has 1 heterocycles. The van der Waals surface area contributed by atoms with Gasteiger partial charge in [-0.25, -0.2) is 9.97 Å². The third kappa shape index (κ3) is 4.51. The van der Waals surface area contributed by atoms with Crippen molar-refractivity contribution in [2.45, 2.75) is 26.2 Å². The average Bonchev–Trinajstić information content (AvgIpc) is 2.68. The number of amides is 1. The number of aromatic nitrogens is 2. The number of nitriles is 1. The van der Waals surface area contributed by atoms with E-state index in [2.05, 4.69) is 47.4 Å². The van der Waals surface area contributed by atoms with E-state index in [9.17, 15) is 4.79 Å². The van der Waals surface area contributed by atoms with Crippen molar-refractivity contribution in [1.82, 2.24) is 9.97 Å². The molecule has 28 heavy (non-hydrogen) atoms. The molecule has 0 aliphatic rings. The lowest BCUT2D eigenvalue weighted by Gasteiger charge is -2.23. The predicted octanol–water partition coefficient (Wildman–Crippen LogP) is 4.64. The summed E-state index contributed by atoms with van der Waals surface area (Å²) in [7, 11) is 0. The Morgan fingerprint density at radius 1 is 1.04 bits per heavy atom. The summed E-state index contributed by atoms with van der Waals surface area (Å²) in [4.78, 5) is 20.8. The predicted molar refractivity (Wildman–Crippen MR) is 110 cm³/mol. The van der Waals surface area contributed by atoms with Crippen molar-refractivity contribution in [3.05, 3.63) is 77.7 Å². The number of hydrogen-bond donors (Lipinski definition) is 2. The number of nitrogens with zero attached hydrogens (tertiary/aromatic N) is 3. The first-order valence-corrected chi connectivity index (χ1v) is 8.87. The Bertz CT molecular complexity index is 1030. The minimum absolute atomic E-state index is 0.0353. The third-order valence-corrected chi connectivity index (χ3v) is 4.17. The number of carbonyl (C=O) groups excluding carboxylic acids is 1. The summed E-state index contributed by atoms with van der Waals surface area (Å²) < 4.78 is 0. The molecule has 0 spiro atoms. The summed E-state index contributed by atoms with van der Waals surface area (Å²) in [6.07, 6.45) is 1.36. The zero-order valence-corrected chi connectivity index (χ0v) is 16.0. The minimum atomic E-state index is -0.348. The van der Waals surface area contributed by atoms with E-state index >= 15 is 0 Å². The van der Waals surface area contributed by atoms with Crippen LogP contribution in [0.3, 0.4) is 0 Å². The maximum absolute atomic E-state index is 12.5. The van der Waals surface area contributed by atoms with Crippen molar-refractivity contribution in [2.24, 2.45) is 0 Å². The van der Waals surface area contributed by atoms with Crippen LogP contribution in [-0.2, 0) is 5.41 Å². The summed E-state index contributed by atoms with van der Waals surface area (Å²) in [5, 5.41) is 14.9. The minimum Gasteiger partial charge on any atom is -0.340 e. The molecular formula is C22H21N5O. The monoisotopic (exact) mass is 371 g/mol. The molecule has 1 aromatic heterocycles. The molecule has 0 atom stereocenters. The molecule has 0 saturated heterocycles.